The standard InChI is InChI=1S/C24H27ClN4O2/c1-26-24(27-13-12-18-9-11-23(25)28-15-18)29-16-20-8-10-21(22(14-20)30-2)31-17-19-6-4-3-5-7-19/h3-11,14-15H,12-13,16-17H2,1-2H3,(H2,26,27,29). The van der Waals surface area contributed by atoms with Gasteiger partial charge in [0.05, 0.1) is 7.11 Å². The molecule has 0 aliphatic carbocycles. The van der Waals surface area contributed by atoms with Gasteiger partial charge in [-0.3, -0.25) is 4.99 Å². The van der Waals surface area contributed by atoms with Crippen molar-refractivity contribution < 1.29 is 9.47 Å². The van der Waals surface area contributed by atoms with Gasteiger partial charge in [-0.25, -0.2) is 4.98 Å². The Hall–Kier alpha value is -3.25. The quantitative estimate of drug-likeness (QED) is 0.297. The molecule has 162 valence electrons. The number of pyridine rings is 1. The summed E-state index contributed by atoms with van der Waals surface area (Å²) in [6, 6.07) is 19.7. The van der Waals surface area contributed by atoms with Crippen LogP contribution in [0.2, 0.25) is 5.15 Å². The third kappa shape index (κ3) is 7.19. The predicted molar refractivity (Wildman–Crippen MR) is 125 cm³/mol. The summed E-state index contributed by atoms with van der Waals surface area (Å²) in [5, 5.41) is 7.12. The molecule has 0 fully saturated rings. The van der Waals surface area contributed by atoms with Crippen molar-refractivity contribution in [1.82, 2.24) is 15.6 Å². The summed E-state index contributed by atoms with van der Waals surface area (Å²) in [6.07, 6.45) is 2.61. The van der Waals surface area contributed by atoms with Crippen LogP contribution < -0.4 is 20.1 Å². The van der Waals surface area contributed by atoms with Crippen molar-refractivity contribution in [3.05, 3.63) is 88.7 Å². The van der Waals surface area contributed by atoms with Crippen LogP contribution in [0.15, 0.2) is 71.9 Å². The van der Waals surface area contributed by atoms with Gasteiger partial charge in [0.25, 0.3) is 0 Å². The van der Waals surface area contributed by atoms with Crippen LogP contribution in [0.1, 0.15) is 16.7 Å². The Kier molecular flexibility index (Phi) is 8.55. The van der Waals surface area contributed by atoms with E-state index in [1.54, 1.807) is 26.4 Å². The van der Waals surface area contributed by atoms with Gasteiger partial charge in [-0.2, -0.15) is 0 Å². The van der Waals surface area contributed by atoms with Crippen LogP contribution in [-0.4, -0.2) is 31.6 Å². The fraction of sp³-hybridized carbons (Fsp3) is 0.250. The number of hydrogen-bond acceptors (Lipinski definition) is 4. The molecule has 0 spiro atoms. The van der Waals surface area contributed by atoms with Crippen LogP contribution in [-0.2, 0) is 19.6 Å². The highest BCUT2D eigenvalue weighted by atomic mass is 35.5. The van der Waals surface area contributed by atoms with Crippen molar-refractivity contribution in [2.45, 2.75) is 19.6 Å². The van der Waals surface area contributed by atoms with E-state index in [9.17, 15) is 0 Å². The molecule has 0 unspecified atom stereocenters. The third-order valence-corrected chi connectivity index (χ3v) is 4.87. The number of aliphatic imine (C=N–C) groups is 1. The van der Waals surface area contributed by atoms with Crippen molar-refractivity contribution >= 4 is 17.6 Å². The Balaban J connectivity index is 1.49. The lowest BCUT2D eigenvalue weighted by Crippen LogP contribution is -2.37. The molecule has 0 radical (unpaired) electrons. The van der Waals surface area contributed by atoms with E-state index in [2.05, 4.69) is 20.6 Å². The minimum atomic E-state index is 0.495. The van der Waals surface area contributed by atoms with E-state index in [-0.39, 0.29) is 0 Å². The van der Waals surface area contributed by atoms with Gasteiger partial charge in [0.2, 0.25) is 0 Å². The number of rotatable bonds is 9. The van der Waals surface area contributed by atoms with E-state index in [0.29, 0.717) is 29.8 Å². The Morgan fingerprint density at radius 2 is 1.77 bits per heavy atom. The van der Waals surface area contributed by atoms with Gasteiger partial charge in [-0.1, -0.05) is 54.1 Å². The first-order chi connectivity index (χ1) is 15.2. The Morgan fingerprint density at radius 1 is 0.968 bits per heavy atom. The molecule has 2 N–H and O–H groups in total. The van der Waals surface area contributed by atoms with Gasteiger partial charge >= 0.3 is 0 Å². The molecular formula is C24H27ClN4O2. The lowest BCUT2D eigenvalue weighted by Gasteiger charge is -2.14. The maximum atomic E-state index is 5.92. The van der Waals surface area contributed by atoms with Crippen LogP contribution in [0, 0.1) is 0 Å². The lowest BCUT2D eigenvalue weighted by atomic mass is 10.2. The third-order valence-electron chi connectivity index (χ3n) is 4.64. The summed E-state index contributed by atoms with van der Waals surface area (Å²) >= 11 is 5.82. The van der Waals surface area contributed by atoms with Gasteiger partial charge in [-0.15, -0.1) is 0 Å². The number of guanidine groups is 1. The number of aromatic nitrogens is 1. The predicted octanol–water partition coefficient (Wildman–Crippen LogP) is 4.23. The molecule has 3 rings (SSSR count). The molecular weight excluding hydrogens is 412 g/mol. The van der Waals surface area contributed by atoms with E-state index >= 15 is 0 Å². The van der Waals surface area contributed by atoms with E-state index in [1.165, 1.54) is 0 Å². The molecule has 0 aliphatic rings. The minimum absolute atomic E-state index is 0.495. The molecule has 3 aromatic rings. The number of ether oxygens (including phenoxy) is 2. The first-order valence-electron chi connectivity index (χ1n) is 10.1. The van der Waals surface area contributed by atoms with E-state index in [4.69, 9.17) is 21.1 Å². The fourth-order valence-electron chi connectivity index (χ4n) is 2.96. The van der Waals surface area contributed by atoms with Crippen LogP contribution in [0.4, 0.5) is 0 Å². The summed E-state index contributed by atoms with van der Waals surface area (Å²) in [7, 11) is 3.40. The van der Waals surface area contributed by atoms with Crippen LogP contribution in [0.5, 0.6) is 11.5 Å². The van der Waals surface area contributed by atoms with Crippen molar-refractivity contribution in [3.8, 4) is 11.5 Å². The number of nitrogens with zero attached hydrogens (tertiary/aromatic N) is 2. The first kappa shape index (κ1) is 22.4. The average Bonchev–Trinajstić information content (AvgIpc) is 2.82. The zero-order chi connectivity index (χ0) is 21.9. The first-order valence-corrected chi connectivity index (χ1v) is 10.4. The molecule has 2 aromatic carbocycles. The normalized spacial score (nSPS) is 11.1. The largest absolute Gasteiger partial charge is 0.493 e. The number of methoxy groups -OCH3 is 1. The number of benzene rings is 2. The molecule has 31 heavy (non-hydrogen) atoms. The Bertz CT molecular complexity index is 979. The molecule has 0 aliphatic heterocycles. The average molecular weight is 439 g/mol. The summed E-state index contributed by atoms with van der Waals surface area (Å²) < 4.78 is 11.4. The molecule has 6 nitrogen and oxygen atoms in total. The van der Waals surface area contributed by atoms with Crippen molar-refractivity contribution in [3.63, 3.8) is 0 Å². The van der Waals surface area contributed by atoms with E-state index in [1.807, 2.05) is 54.6 Å². The number of nitrogens with one attached hydrogen (secondary N) is 2. The summed E-state index contributed by atoms with van der Waals surface area (Å²) in [5.74, 6) is 2.15. The Morgan fingerprint density at radius 3 is 2.48 bits per heavy atom. The van der Waals surface area contributed by atoms with Gasteiger partial charge in [-0.05, 0) is 41.3 Å². The molecule has 0 bridgehead atoms. The van der Waals surface area contributed by atoms with Gasteiger partial charge < -0.3 is 20.1 Å². The topological polar surface area (TPSA) is 67.8 Å². The second-order valence-corrected chi connectivity index (χ2v) is 7.24. The number of halogens is 1. The summed E-state index contributed by atoms with van der Waals surface area (Å²) in [5.41, 5.74) is 3.29. The molecule has 0 amide bonds. The fourth-order valence-corrected chi connectivity index (χ4v) is 3.07. The van der Waals surface area contributed by atoms with Crippen molar-refractivity contribution in [2.24, 2.45) is 4.99 Å². The van der Waals surface area contributed by atoms with Crippen molar-refractivity contribution in [1.29, 1.82) is 0 Å². The molecule has 7 heteroatoms. The minimum Gasteiger partial charge on any atom is -0.493 e. The van der Waals surface area contributed by atoms with E-state index < -0.39 is 0 Å². The maximum Gasteiger partial charge on any atom is 0.191 e. The number of hydrogen-bond donors (Lipinski definition) is 2. The molecule has 1 aromatic heterocycles. The molecule has 0 atom stereocenters. The highest BCUT2D eigenvalue weighted by Gasteiger charge is 2.07. The molecule has 0 saturated carbocycles. The van der Waals surface area contributed by atoms with Gasteiger partial charge in [0, 0.05) is 26.3 Å². The second-order valence-electron chi connectivity index (χ2n) is 6.85. The second kappa shape index (κ2) is 11.8. The summed E-state index contributed by atoms with van der Waals surface area (Å²) in [4.78, 5) is 8.37. The van der Waals surface area contributed by atoms with Crippen molar-refractivity contribution in [2.75, 3.05) is 20.7 Å². The smallest absolute Gasteiger partial charge is 0.191 e. The monoisotopic (exact) mass is 438 g/mol. The van der Waals surface area contributed by atoms with Gasteiger partial charge in [0.15, 0.2) is 17.5 Å². The maximum absolute atomic E-state index is 5.92. The Labute approximate surface area is 188 Å². The van der Waals surface area contributed by atoms with Crippen LogP contribution in [0.3, 0.4) is 0 Å². The summed E-state index contributed by atoms with van der Waals surface area (Å²) in [6.45, 7) is 1.84. The SMILES string of the molecule is CN=C(NCCc1ccc(Cl)nc1)NCc1ccc(OCc2ccccc2)c(OC)c1. The van der Waals surface area contributed by atoms with E-state index in [0.717, 1.165) is 35.6 Å². The zero-order valence-electron chi connectivity index (χ0n) is 17.8. The van der Waals surface area contributed by atoms with Crippen LogP contribution >= 0.6 is 11.6 Å². The molecule has 1 heterocycles. The molecule has 0 saturated heterocycles. The lowest BCUT2D eigenvalue weighted by molar-refractivity contribution is 0.284. The van der Waals surface area contributed by atoms with Gasteiger partial charge in [0.1, 0.15) is 11.8 Å². The van der Waals surface area contributed by atoms with Crippen LogP contribution in [0.25, 0.3) is 0 Å². The highest BCUT2D eigenvalue weighted by molar-refractivity contribution is 6.29. The zero-order valence-corrected chi connectivity index (χ0v) is 18.5. The highest BCUT2D eigenvalue weighted by Crippen LogP contribution is 2.28.